The van der Waals surface area contributed by atoms with Gasteiger partial charge in [-0.3, -0.25) is 9.52 Å². The van der Waals surface area contributed by atoms with Crippen molar-refractivity contribution in [2.45, 2.75) is 18.7 Å². The lowest BCUT2D eigenvalue weighted by Gasteiger charge is -2.08. The Kier molecular flexibility index (Phi) is 3.73. The van der Waals surface area contributed by atoms with E-state index in [9.17, 15) is 13.2 Å². The van der Waals surface area contributed by atoms with Gasteiger partial charge in [0.1, 0.15) is 4.90 Å². The van der Waals surface area contributed by atoms with Crippen LogP contribution in [0.25, 0.3) is 10.1 Å². The molecule has 8 heteroatoms. The van der Waals surface area contributed by atoms with E-state index in [2.05, 4.69) is 9.82 Å². The molecule has 6 nitrogen and oxygen atoms in total. The zero-order valence-electron chi connectivity index (χ0n) is 12.8. The predicted octanol–water partition coefficient (Wildman–Crippen LogP) is 2.41. The van der Waals surface area contributed by atoms with Crippen LogP contribution in [0, 0.1) is 13.8 Å². The standard InChI is InChI=1S/C15H15N3O3S2/c1-9-5-4-6-12-14(9)22-10(2)15(12)23(20,21)17-11-7-13(19)18(3)16-8-11/h4-8,17H,1-3H3. The van der Waals surface area contributed by atoms with E-state index in [1.165, 1.54) is 30.6 Å². The van der Waals surface area contributed by atoms with Crippen LogP contribution in [0.1, 0.15) is 10.4 Å². The van der Waals surface area contributed by atoms with Crippen molar-refractivity contribution < 1.29 is 8.42 Å². The largest absolute Gasteiger partial charge is 0.278 e. The van der Waals surface area contributed by atoms with E-state index in [0.29, 0.717) is 10.3 Å². The Labute approximate surface area is 137 Å². The highest BCUT2D eigenvalue weighted by atomic mass is 32.2. The highest BCUT2D eigenvalue weighted by molar-refractivity contribution is 7.93. The van der Waals surface area contributed by atoms with E-state index < -0.39 is 10.0 Å². The zero-order chi connectivity index (χ0) is 16.8. The van der Waals surface area contributed by atoms with Gasteiger partial charge in [-0.15, -0.1) is 11.3 Å². The number of nitrogens with zero attached hydrogens (tertiary/aromatic N) is 2. The van der Waals surface area contributed by atoms with Crippen LogP contribution in [0.3, 0.4) is 0 Å². The fourth-order valence-corrected chi connectivity index (χ4v) is 5.32. The molecule has 23 heavy (non-hydrogen) atoms. The van der Waals surface area contributed by atoms with Crippen molar-refractivity contribution in [1.82, 2.24) is 9.78 Å². The first-order valence-electron chi connectivity index (χ1n) is 6.84. The van der Waals surface area contributed by atoms with Crippen molar-refractivity contribution in [1.29, 1.82) is 0 Å². The Morgan fingerprint density at radius 1 is 1.26 bits per heavy atom. The second-order valence-corrected chi connectivity index (χ2v) is 8.09. The van der Waals surface area contributed by atoms with Crippen molar-refractivity contribution in [3.05, 3.63) is 51.3 Å². The summed E-state index contributed by atoms with van der Waals surface area (Å²) in [6.07, 6.45) is 1.31. The molecule has 0 aliphatic carbocycles. The van der Waals surface area contributed by atoms with E-state index in [1.807, 2.05) is 19.1 Å². The Hall–Kier alpha value is -2.19. The van der Waals surface area contributed by atoms with Gasteiger partial charge in [0, 0.05) is 28.1 Å². The van der Waals surface area contributed by atoms with Crippen molar-refractivity contribution in [3.8, 4) is 0 Å². The zero-order valence-corrected chi connectivity index (χ0v) is 14.5. The molecule has 0 bridgehead atoms. The quantitative estimate of drug-likeness (QED) is 0.787. The molecule has 0 amide bonds. The van der Waals surface area contributed by atoms with Crippen molar-refractivity contribution in [2.75, 3.05) is 4.72 Å². The number of anilines is 1. The first kappa shape index (κ1) is 15.7. The second kappa shape index (κ2) is 5.47. The summed E-state index contributed by atoms with van der Waals surface area (Å²) in [4.78, 5) is 12.6. The number of thiophene rings is 1. The molecular weight excluding hydrogens is 334 g/mol. The Morgan fingerprint density at radius 2 is 2.00 bits per heavy atom. The van der Waals surface area contributed by atoms with Gasteiger partial charge in [-0.1, -0.05) is 18.2 Å². The highest BCUT2D eigenvalue weighted by Gasteiger charge is 2.23. The molecule has 0 atom stereocenters. The topological polar surface area (TPSA) is 81.1 Å². The number of fused-ring (bicyclic) bond motifs is 1. The Morgan fingerprint density at radius 3 is 2.70 bits per heavy atom. The Balaban J connectivity index is 2.13. The summed E-state index contributed by atoms with van der Waals surface area (Å²) in [5, 5.41) is 4.51. The van der Waals surface area contributed by atoms with Gasteiger partial charge in [0.2, 0.25) is 0 Å². The first-order chi connectivity index (χ1) is 10.8. The molecule has 1 N–H and O–H groups in total. The summed E-state index contributed by atoms with van der Waals surface area (Å²) in [6.45, 7) is 3.73. The third-order valence-electron chi connectivity index (χ3n) is 3.52. The van der Waals surface area contributed by atoms with E-state index >= 15 is 0 Å². The maximum atomic E-state index is 12.8. The number of nitrogens with one attached hydrogen (secondary N) is 1. The molecule has 1 aromatic carbocycles. The monoisotopic (exact) mass is 349 g/mol. The van der Waals surface area contributed by atoms with Gasteiger partial charge < -0.3 is 0 Å². The predicted molar refractivity (Wildman–Crippen MR) is 91.6 cm³/mol. The lowest BCUT2D eigenvalue weighted by atomic mass is 10.2. The average Bonchev–Trinajstić information content (AvgIpc) is 2.81. The SMILES string of the molecule is Cc1sc2c(C)cccc2c1S(=O)(=O)Nc1cnn(C)c(=O)c1. The summed E-state index contributed by atoms with van der Waals surface area (Å²) in [7, 11) is -2.30. The number of benzene rings is 1. The van der Waals surface area contributed by atoms with E-state index in [-0.39, 0.29) is 16.1 Å². The molecule has 3 aromatic rings. The molecule has 0 saturated heterocycles. The number of aryl methyl sites for hydroxylation is 3. The van der Waals surface area contributed by atoms with Gasteiger partial charge in [0.25, 0.3) is 15.6 Å². The minimum absolute atomic E-state index is 0.152. The average molecular weight is 349 g/mol. The normalized spacial score (nSPS) is 11.8. The molecule has 0 saturated carbocycles. The van der Waals surface area contributed by atoms with E-state index in [0.717, 1.165) is 14.9 Å². The summed E-state index contributed by atoms with van der Waals surface area (Å²) in [6, 6.07) is 6.79. The molecule has 0 unspecified atom stereocenters. The van der Waals surface area contributed by atoms with Crippen molar-refractivity contribution >= 4 is 37.1 Å². The second-order valence-electron chi connectivity index (χ2n) is 5.25. The minimum Gasteiger partial charge on any atom is -0.278 e. The Bertz CT molecular complexity index is 1070. The summed E-state index contributed by atoms with van der Waals surface area (Å²) < 4.78 is 30.1. The number of rotatable bonds is 3. The van der Waals surface area contributed by atoms with E-state index in [4.69, 9.17) is 0 Å². The molecule has 3 rings (SSSR count). The van der Waals surface area contributed by atoms with Gasteiger partial charge in [-0.05, 0) is 19.4 Å². The smallest absolute Gasteiger partial charge is 0.268 e. The van der Waals surface area contributed by atoms with E-state index in [1.54, 1.807) is 13.0 Å². The third-order valence-corrected chi connectivity index (χ3v) is 6.47. The molecule has 0 aliphatic rings. The number of sulfonamides is 1. The number of hydrogen-bond acceptors (Lipinski definition) is 5. The summed E-state index contributed by atoms with van der Waals surface area (Å²) in [5.74, 6) is 0. The van der Waals surface area contributed by atoms with Crippen LogP contribution in [0.4, 0.5) is 5.69 Å². The third kappa shape index (κ3) is 2.75. The van der Waals surface area contributed by atoms with Gasteiger partial charge in [0.15, 0.2) is 0 Å². The number of hydrogen-bond donors (Lipinski definition) is 1. The molecule has 0 aliphatic heterocycles. The fraction of sp³-hybridized carbons (Fsp3) is 0.200. The first-order valence-corrected chi connectivity index (χ1v) is 9.14. The lowest BCUT2D eigenvalue weighted by molar-refractivity contribution is 0.601. The van der Waals surface area contributed by atoms with Gasteiger partial charge >= 0.3 is 0 Å². The highest BCUT2D eigenvalue weighted by Crippen LogP contribution is 2.36. The van der Waals surface area contributed by atoms with Crippen LogP contribution in [0.5, 0.6) is 0 Å². The van der Waals surface area contributed by atoms with Crippen molar-refractivity contribution in [2.24, 2.45) is 7.05 Å². The maximum absolute atomic E-state index is 12.8. The lowest BCUT2D eigenvalue weighted by Crippen LogP contribution is -2.21. The van der Waals surface area contributed by atoms with Crippen LogP contribution in [-0.4, -0.2) is 18.2 Å². The molecule has 0 radical (unpaired) electrons. The van der Waals surface area contributed by atoms with Crippen LogP contribution >= 0.6 is 11.3 Å². The number of aromatic nitrogens is 2. The molecule has 120 valence electrons. The van der Waals surface area contributed by atoms with Gasteiger partial charge in [-0.25, -0.2) is 13.1 Å². The molecule has 2 heterocycles. The minimum atomic E-state index is -3.80. The fourth-order valence-electron chi connectivity index (χ4n) is 2.42. The molecule has 0 spiro atoms. The van der Waals surface area contributed by atoms with Crippen LogP contribution < -0.4 is 10.3 Å². The van der Waals surface area contributed by atoms with Gasteiger partial charge in [0.05, 0.1) is 11.9 Å². The molecule has 2 aromatic heterocycles. The van der Waals surface area contributed by atoms with Crippen LogP contribution in [0.15, 0.2) is 40.2 Å². The molecular formula is C15H15N3O3S2. The summed E-state index contributed by atoms with van der Waals surface area (Å²) >= 11 is 1.45. The van der Waals surface area contributed by atoms with Crippen LogP contribution in [-0.2, 0) is 17.1 Å². The van der Waals surface area contributed by atoms with Gasteiger partial charge in [-0.2, -0.15) is 5.10 Å². The van der Waals surface area contributed by atoms with Crippen molar-refractivity contribution in [3.63, 3.8) is 0 Å². The summed E-state index contributed by atoms with van der Waals surface area (Å²) in [5.41, 5.74) is 0.805. The maximum Gasteiger partial charge on any atom is 0.268 e. The van der Waals surface area contributed by atoms with Crippen LogP contribution in [0.2, 0.25) is 0 Å². The molecule has 0 fully saturated rings.